The van der Waals surface area contributed by atoms with Gasteiger partial charge in [0, 0.05) is 5.69 Å². The molecule has 0 saturated carbocycles. The van der Waals surface area contributed by atoms with Gasteiger partial charge in [0.2, 0.25) is 5.91 Å². The highest BCUT2D eigenvalue weighted by molar-refractivity contribution is 7.99. The number of nitrogens with one attached hydrogen (secondary N) is 2. The van der Waals surface area contributed by atoms with Crippen molar-refractivity contribution >= 4 is 23.4 Å². The Kier molecular flexibility index (Phi) is 7.53. The Bertz CT molecular complexity index is 369. The number of thioether (sulfide) groups is 1. The molecule has 0 atom stereocenters. The van der Waals surface area contributed by atoms with Gasteiger partial charge >= 0.3 is 0 Å². The second kappa shape index (κ2) is 9.00. The van der Waals surface area contributed by atoms with Crippen LogP contribution in [0.1, 0.15) is 18.9 Å². The molecular formula is C14H22N2OS. The second-order valence-electron chi connectivity index (χ2n) is 4.14. The maximum absolute atomic E-state index is 11.6. The van der Waals surface area contributed by atoms with Crippen LogP contribution in [0.5, 0.6) is 0 Å². The molecule has 0 aliphatic carbocycles. The lowest BCUT2D eigenvalue weighted by Crippen LogP contribution is -2.29. The number of hydrogen-bond donors (Lipinski definition) is 2. The normalized spacial score (nSPS) is 10.3. The Hall–Kier alpha value is -1.00. The van der Waals surface area contributed by atoms with Crippen LogP contribution >= 0.6 is 11.8 Å². The number of carbonyl (C=O) groups excluding carboxylic acids is 1. The van der Waals surface area contributed by atoms with Crippen molar-refractivity contribution in [2.45, 2.75) is 20.3 Å². The van der Waals surface area contributed by atoms with Gasteiger partial charge in [0.15, 0.2) is 0 Å². The van der Waals surface area contributed by atoms with Crippen LogP contribution in [-0.2, 0) is 4.79 Å². The van der Waals surface area contributed by atoms with Crippen molar-refractivity contribution in [3.63, 3.8) is 0 Å². The fourth-order valence-corrected chi connectivity index (χ4v) is 2.21. The zero-order valence-corrected chi connectivity index (χ0v) is 12.0. The quantitative estimate of drug-likeness (QED) is 0.711. The van der Waals surface area contributed by atoms with Crippen molar-refractivity contribution in [3.05, 3.63) is 29.8 Å². The third kappa shape index (κ3) is 6.67. The Balaban J connectivity index is 2.14. The molecule has 4 heteroatoms. The lowest BCUT2D eigenvalue weighted by molar-refractivity contribution is -0.115. The summed E-state index contributed by atoms with van der Waals surface area (Å²) >= 11 is 1.93. The van der Waals surface area contributed by atoms with Crippen molar-refractivity contribution in [3.8, 4) is 0 Å². The average molecular weight is 266 g/mol. The summed E-state index contributed by atoms with van der Waals surface area (Å²) in [4.78, 5) is 11.6. The third-order valence-electron chi connectivity index (χ3n) is 2.43. The Morgan fingerprint density at radius 3 is 2.94 bits per heavy atom. The maximum Gasteiger partial charge on any atom is 0.238 e. The van der Waals surface area contributed by atoms with Crippen molar-refractivity contribution in [2.75, 3.05) is 29.9 Å². The second-order valence-corrected chi connectivity index (χ2v) is 5.54. The predicted octanol–water partition coefficient (Wildman–Crippen LogP) is 2.67. The van der Waals surface area contributed by atoms with E-state index in [4.69, 9.17) is 0 Å². The standard InChI is InChI=1S/C14H22N2OS/c1-3-18-9-5-8-15-11-14(17)16-13-7-4-6-12(2)10-13/h4,6-7,10,15H,3,5,8-9,11H2,1-2H3,(H,16,17). The topological polar surface area (TPSA) is 41.1 Å². The summed E-state index contributed by atoms with van der Waals surface area (Å²) in [5.41, 5.74) is 2.01. The molecule has 2 N–H and O–H groups in total. The van der Waals surface area contributed by atoms with Crippen LogP contribution in [0.4, 0.5) is 5.69 Å². The van der Waals surface area contributed by atoms with Gasteiger partial charge in [-0.1, -0.05) is 19.1 Å². The van der Waals surface area contributed by atoms with Crippen molar-refractivity contribution in [1.82, 2.24) is 5.32 Å². The van der Waals surface area contributed by atoms with Gasteiger partial charge in [0.1, 0.15) is 0 Å². The van der Waals surface area contributed by atoms with Crippen LogP contribution in [0, 0.1) is 6.92 Å². The van der Waals surface area contributed by atoms with E-state index in [0.717, 1.165) is 35.7 Å². The monoisotopic (exact) mass is 266 g/mol. The summed E-state index contributed by atoms with van der Waals surface area (Å²) < 4.78 is 0. The van der Waals surface area contributed by atoms with Crippen molar-refractivity contribution in [2.24, 2.45) is 0 Å². The van der Waals surface area contributed by atoms with Gasteiger partial charge in [-0.05, 0) is 49.1 Å². The van der Waals surface area contributed by atoms with E-state index in [2.05, 4.69) is 17.6 Å². The molecule has 0 fully saturated rings. The molecule has 1 rings (SSSR count). The first-order valence-electron chi connectivity index (χ1n) is 6.37. The largest absolute Gasteiger partial charge is 0.325 e. The Morgan fingerprint density at radius 2 is 2.22 bits per heavy atom. The molecule has 0 unspecified atom stereocenters. The van der Waals surface area contributed by atoms with Crippen LogP contribution < -0.4 is 10.6 Å². The van der Waals surface area contributed by atoms with Gasteiger partial charge in [0.25, 0.3) is 0 Å². The van der Waals surface area contributed by atoms with Crippen molar-refractivity contribution in [1.29, 1.82) is 0 Å². The number of hydrogen-bond acceptors (Lipinski definition) is 3. The van der Waals surface area contributed by atoms with E-state index in [1.165, 1.54) is 0 Å². The molecule has 100 valence electrons. The van der Waals surface area contributed by atoms with E-state index in [1.54, 1.807) is 0 Å². The van der Waals surface area contributed by atoms with Crippen LogP contribution in [0.2, 0.25) is 0 Å². The molecule has 0 aromatic heterocycles. The summed E-state index contributed by atoms with van der Waals surface area (Å²) in [7, 11) is 0. The smallest absolute Gasteiger partial charge is 0.238 e. The lowest BCUT2D eigenvalue weighted by Gasteiger charge is -2.07. The Labute approximate surface area is 114 Å². The highest BCUT2D eigenvalue weighted by Gasteiger charge is 2.01. The highest BCUT2D eigenvalue weighted by atomic mass is 32.2. The van der Waals surface area contributed by atoms with E-state index < -0.39 is 0 Å². The van der Waals surface area contributed by atoms with Crippen LogP contribution in [0.15, 0.2) is 24.3 Å². The number of rotatable bonds is 8. The van der Waals surface area contributed by atoms with Gasteiger partial charge in [-0.3, -0.25) is 4.79 Å². The molecule has 0 spiro atoms. The number of amides is 1. The minimum Gasteiger partial charge on any atom is -0.325 e. The molecule has 18 heavy (non-hydrogen) atoms. The van der Waals surface area contributed by atoms with E-state index in [9.17, 15) is 4.79 Å². The predicted molar refractivity (Wildman–Crippen MR) is 80.3 cm³/mol. The molecule has 0 aliphatic rings. The molecule has 3 nitrogen and oxygen atoms in total. The lowest BCUT2D eigenvalue weighted by atomic mass is 10.2. The summed E-state index contributed by atoms with van der Waals surface area (Å²) in [6.45, 7) is 5.45. The molecule has 1 aromatic rings. The summed E-state index contributed by atoms with van der Waals surface area (Å²) in [5, 5.41) is 6.03. The van der Waals surface area contributed by atoms with Gasteiger partial charge < -0.3 is 10.6 Å². The highest BCUT2D eigenvalue weighted by Crippen LogP contribution is 2.08. The molecule has 1 amide bonds. The summed E-state index contributed by atoms with van der Waals surface area (Å²) in [6, 6.07) is 7.83. The van der Waals surface area contributed by atoms with Gasteiger partial charge in [-0.25, -0.2) is 0 Å². The van der Waals surface area contributed by atoms with E-state index in [1.807, 2.05) is 43.0 Å². The Morgan fingerprint density at radius 1 is 1.39 bits per heavy atom. The zero-order valence-electron chi connectivity index (χ0n) is 11.2. The summed E-state index contributed by atoms with van der Waals surface area (Å²) in [6.07, 6.45) is 1.11. The van der Waals surface area contributed by atoms with Crippen molar-refractivity contribution < 1.29 is 4.79 Å². The van der Waals surface area contributed by atoms with Crippen LogP contribution in [0.25, 0.3) is 0 Å². The van der Waals surface area contributed by atoms with Gasteiger partial charge in [0.05, 0.1) is 6.54 Å². The molecule has 0 bridgehead atoms. The molecular weight excluding hydrogens is 244 g/mol. The fourth-order valence-electron chi connectivity index (χ4n) is 1.57. The molecule has 0 aliphatic heterocycles. The molecule has 0 saturated heterocycles. The van der Waals surface area contributed by atoms with Gasteiger partial charge in [-0.2, -0.15) is 11.8 Å². The first kappa shape index (κ1) is 15.1. The van der Waals surface area contributed by atoms with Crippen LogP contribution in [-0.4, -0.2) is 30.5 Å². The first-order chi connectivity index (χ1) is 8.72. The number of carbonyl (C=O) groups is 1. The van der Waals surface area contributed by atoms with Crippen LogP contribution in [0.3, 0.4) is 0 Å². The van der Waals surface area contributed by atoms with E-state index >= 15 is 0 Å². The SMILES string of the molecule is CCSCCCNCC(=O)Nc1cccc(C)c1. The number of aryl methyl sites for hydroxylation is 1. The van der Waals surface area contributed by atoms with E-state index in [-0.39, 0.29) is 5.91 Å². The van der Waals surface area contributed by atoms with E-state index in [0.29, 0.717) is 6.54 Å². The first-order valence-corrected chi connectivity index (χ1v) is 7.53. The number of benzene rings is 1. The minimum atomic E-state index is 0.0174. The molecule has 1 aromatic carbocycles. The van der Waals surface area contributed by atoms with Gasteiger partial charge in [-0.15, -0.1) is 0 Å². The molecule has 0 heterocycles. The minimum absolute atomic E-state index is 0.0174. The summed E-state index contributed by atoms with van der Waals surface area (Å²) in [5.74, 6) is 2.33. The fraction of sp³-hybridized carbons (Fsp3) is 0.500. The molecule has 0 radical (unpaired) electrons. The zero-order chi connectivity index (χ0) is 13.2. The number of anilines is 1. The average Bonchev–Trinajstić information content (AvgIpc) is 2.33. The maximum atomic E-state index is 11.6. The third-order valence-corrected chi connectivity index (χ3v) is 3.42.